The summed E-state index contributed by atoms with van der Waals surface area (Å²) in [4.78, 5) is 18.3. The van der Waals surface area contributed by atoms with Gasteiger partial charge in [-0.1, -0.05) is 18.9 Å². The molecule has 1 aromatic heterocycles. The van der Waals surface area contributed by atoms with Crippen molar-refractivity contribution in [1.29, 1.82) is 0 Å². The predicted molar refractivity (Wildman–Crippen MR) is 115 cm³/mol. The zero-order chi connectivity index (χ0) is 21.1. The molecule has 29 heavy (non-hydrogen) atoms. The lowest BCUT2D eigenvalue weighted by molar-refractivity contribution is 0.100. The van der Waals surface area contributed by atoms with Crippen molar-refractivity contribution in [3.63, 3.8) is 0 Å². The number of amides is 1. The van der Waals surface area contributed by atoms with Gasteiger partial charge in [0.1, 0.15) is 5.82 Å². The third-order valence-corrected chi connectivity index (χ3v) is 5.64. The first-order valence-electron chi connectivity index (χ1n) is 10.1. The number of benzene rings is 1. The molecule has 1 aromatic carbocycles. The first kappa shape index (κ1) is 21.0. The Morgan fingerprint density at radius 3 is 2.45 bits per heavy atom. The van der Waals surface area contributed by atoms with Gasteiger partial charge in [0.2, 0.25) is 0 Å². The van der Waals surface area contributed by atoms with E-state index in [0.717, 1.165) is 42.5 Å². The summed E-state index contributed by atoms with van der Waals surface area (Å²) in [6, 6.07) is 7.53. The van der Waals surface area contributed by atoms with Crippen molar-refractivity contribution >= 4 is 23.2 Å². The summed E-state index contributed by atoms with van der Waals surface area (Å²) >= 11 is 0. The Kier molecular flexibility index (Phi) is 6.37. The number of pyridine rings is 1. The molecular weight excluding hydrogens is 369 g/mol. The van der Waals surface area contributed by atoms with Crippen LogP contribution in [0.1, 0.15) is 47.2 Å². The summed E-state index contributed by atoms with van der Waals surface area (Å²) in [6.07, 6.45) is 4.26. The van der Waals surface area contributed by atoms with E-state index in [9.17, 15) is 9.18 Å². The highest BCUT2D eigenvalue weighted by molar-refractivity contribution is 5.98. The van der Waals surface area contributed by atoms with Crippen LogP contribution >= 0.6 is 0 Å². The normalized spacial score (nSPS) is 19.1. The summed E-state index contributed by atoms with van der Waals surface area (Å²) in [6.45, 7) is 3.98. The van der Waals surface area contributed by atoms with E-state index in [-0.39, 0.29) is 29.3 Å². The minimum absolute atomic E-state index is 0.0348. The molecule has 7 heteroatoms. The van der Waals surface area contributed by atoms with Gasteiger partial charge in [0.15, 0.2) is 11.6 Å². The van der Waals surface area contributed by atoms with Crippen LogP contribution in [0.25, 0.3) is 0 Å². The lowest BCUT2D eigenvalue weighted by atomic mass is 9.89. The molecule has 0 spiro atoms. The lowest BCUT2D eigenvalue weighted by Gasteiger charge is -2.38. The average molecular weight is 400 g/mol. The second kappa shape index (κ2) is 8.78. The highest BCUT2D eigenvalue weighted by Gasteiger charge is 2.30. The van der Waals surface area contributed by atoms with Crippen LogP contribution in [0, 0.1) is 19.7 Å². The van der Waals surface area contributed by atoms with Crippen molar-refractivity contribution in [1.82, 2.24) is 10.3 Å². The van der Waals surface area contributed by atoms with Crippen molar-refractivity contribution in [3.05, 3.63) is 46.8 Å². The number of nitrogens with zero attached hydrogens (tertiary/aromatic N) is 2. The van der Waals surface area contributed by atoms with Crippen molar-refractivity contribution in [2.75, 3.05) is 24.3 Å². The van der Waals surface area contributed by atoms with E-state index in [1.54, 1.807) is 0 Å². The molecule has 0 radical (unpaired) electrons. The molecule has 2 aromatic rings. The molecule has 1 heterocycles. The number of anilines is 3. The molecule has 1 amide bonds. The first-order valence-corrected chi connectivity index (χ1v) is 10.1. The van der Waals surface area contributed by atoms with Crippen LogP contribution in [0.4, 0.5) is 21.7 Å². The number of rotatable bonds is 6. The minimum Gasteiger partial charge on any atom is -0.365 e. The van der Waals surface area contributed by atoms with Crippen LogP contribution in [-0.4, -0.2) is 37.1 Å². The van der Waals surface area contributed by atoms with Gasteiger partial charge >= 0.3 is 0 Å². The molecule has 1 fully saturated rings. The molecule has 156 valence electrons. The summed E-state index contributed by atoms with van der Waals surface area (Å²) in [7, 11) is 3.79. The van der Waals surface area contributed by atoms with E-state index in [1.807, 2.05) is 45.0 Å². The Hall–Kier alpha value is -2.67. The quantitative estimate of drug-likeness (QED) is 0.691. The van der Waals surface area contributed by atoms with Crippen LogP contribution in [-0.2, 0) is 0 Å². The molecule has 1 aliphatic rings. The maximum atomic E-state index is 14.9. The van der Waals surface area contributed by atoms with Crippen LogP contribution in [0.3, 0.4) is 0 Å². The Bertz CT molecular complexity index is 881. The second-order valence-electron chi connectivity index (χ2n) is 7.91. The third kappa shape index (κ3) is 4.67. The van der Waals surface area contributed by atoms with Gasteiger partial charge in [-0.2, -0.15) is 0 Å². The molecule has 1 aliphatic carbocycles. The van der Waals surface area contributed by atoms with Crippen LogP contribution in [0.15, 0.2) is 24.3 Å². The Morgan fingerprint density at radius 2 is 1.83 bits per heavy atom. The second-order valence-corrected chi connectivity index (χ2v) is 7.91. The van der Waals surface area contributed by atoms with Crippen LogP contribution in [0.2, 0.25) is 0 Å². The molecule has 0 bridgehead atoms. The van der Waals surface area contributed by atoms with Crippen molar-refractivity contribution in [2.24, 2.45) is 5.73 Å². The lowest BCUT2D eigenvalue weighted by Crippen LogP contribution is -2.50. The smallest absolute Gasteiger partial charge is 0.252 e. The fourth-order valence-corrected chi connectivity index (χ4v) is 4.26. The van der Waals surface area contributed by atoms with Gasteiger partial charge in [-0.3, -0.25) is 4.79 Å². The number of carbonyl (C=O) groups excluding carboxylic acids is 1. The highest BCUT2D eigenvalue weighted by Crippen LogP contribution is 2.30. The Balaban J connectivity index is 2.00. The minimum atomic E-state index is -0.719. The van der Waals surface area contributed by atoms with E-state index in [0.29, 0.717) is 0 Å². The molecule has 2 atom stereocenters. The Morgan fingerprint density at radius 1 is 1.17 bits per heavy atom. The van der Waals surface area contributed by atoms with Gasteiger partial charge < -0.3 is 21.3 Å². The fourth-order valence-electron chi connectivity index (χ4n) is 4.26. The van der Waals surface area contributed by atoms with E-state index >= 15 is 0 Å². The summed E-state index contributed by atoms with van der Waals surface area (Å²) in [5.41, 5.74) is 8.47. The number of primary amides is 1. The SMILES string of the molecule is CNC1CCCCC1N(C)c1nc(Nc2cc(C)cc(C)c2)c(C(N)=O)cc1F. The molecular formula is C22H30FN5O. The van der Waals surface area contributed by atoms with Gasteiger partial charge in [0.05, 0.1) is 5.56 Å². The van der Waals surface area contributed by atoms with E-state index in [1.165, 1.54) is 6.07 Å². The van der Waals surface area contributed by atoms with E-state index in [4.69, 9.17) is 5.73 Å². The number of hydrogen-bond acceptors (Lipinski definition) is 5. The topological polar surface area (TPSA) is 83.3 Å². The number of likely N-dealkylation sites (N-methyl/N-ethyl adjacent to an activating group) is 2. The number of halogens is 1. The maximum absolute atomic E-state index is 14.9. The number of nitrogens with two attached hydrogens (primary N) is 1. The maximum Gasteiger partial charge on any atom is 0.252 e. The zero-order valence-corrected chi connectivity index (χ0v) is 17.6. The number of aryl methyl sites for hydroxylation is 2. The molecule has 4 N–H and O–H groups in total. The highest BCUT2D eigenvalue weighted by atomic mass is 19.1. The van der Waals surface area contributed by atoms with Gasteiger partial charge in [-0.05, 0) is 63.1 Å². The van der Waals surface area contributed by atoms with Crippen LogP contribution < -0.4 is 21.3 Å². The molecule has 0 saturated heterocycles. The Labute approximate surface area is 171 Å². The molecule has 1 saturated carbocycles. The molecule has 2 unspecified atom stereocenters. The van der Waals surface area contributed by atoms with Gasteiger partial charge in [0, 0.05) is 24.8 Å². The van der Waals surface area contributed by atoms with Gasteiger partial charge in [-0.15, -0.1) is 0 Å². The molecule has 3 rings (SSSR count). The molecule has 0 aliphatic heterocycles. The number of nitrogens with one attached hydrogen (secondary N) is 2. The number of hydrogen-bond donors (Lipinski definition) is 3. The first-order chi connectivity index (χ1) is 13.8. The largest absolute Gasteiger partial charge is 0.365 e. The van der Waals surface area contributed by atoms with E-state index < -0.39 is 11.7 Å². The summed E-state index contributed by atoms with van der Waals surface area (Å²) < 4.78 is 14.9. The number of carbonyl (C=O) groups is 1. The summed E-state index contributed by atoms with van der Waals surface area (Å²) in [5, 5.41) is 6.50. The van der Waals surface area contributed by atoms with Crippen molar-refractivity contribution in [2.45, 2.75) is 51.6 Å². The predicted octanol–water partition coefficient (Wildman–Crippen LogP) is 3.65. The van der Waals surface area contributed by atoms with Gasteiger partial charge in [-0.25, -0.2) is 9.37 Å². The average Bonchev–Trinajstić information content (AvgIpc) is 2.67. The van der Waals surface area contributed by atoms with Crippen molar-refractivity contribution in [3.8, 4) is 0 Å². The molecule has 6 nitrogen and oxygen atoms in total. The summed E-state index contributed by atoms with van der Waals surface area (Å²) in [5.74, 6) is -0.785. The van der Waals surface area contributed by atoms with E-state index in [2.05, 4.69) is 21.7 Å². The number of aromatic nitrogens is 1. The zero-order valence-electron chi connectivity index (χ0n) is 17.6. The van der Waals surface area contributed by atoms with Gasteiger partial charge in [0.25, 0.3) is 5.91 Å². The van der Waals surface area contributed by atoms with Crippen molar-refractivity contribution < 1.29 is 9.18 Å². The fraction of sp³-hybridized carbons (Fsp3) is 0.455. The standard InChI is InChI=1S/C22H30FN5O/c1-13-9-14(2)11-15(10-13)26-21-16(20(24)29)12-17(23)22(27-21)28(4)19-8-6-5-7-18(19)25-3/h9-12,18-19,25H,5-8H2,1-4H3,(H2,24,29)(H,26,27). The monoisotopic (exact) mass is 399 g/mol. The van der Waals surface area contributed by atoms with Crippen LogP contribution in [0.5, 0.6) is 0 Å². The third-order valence-electron chi connectivity index (χ3n) is 5.64.